The van der Waals surface area contributed by atoms with Crippen molar-refractivity contribution in [1.29, 1.82) is 0 Å². The first-order valence-corrected chi connectivity index (χ1v) is 3.40. The fourth-order valence-corrected chi connectivity index (χ4v) is 1.01. The zero-order chi connectivity index (χ0) is 8.43. The van der Waals surface area contributed by atoms with Crippen molar-refractivity contribution in [1.82, 2.24) is 0 Å². The average Bonchev–Trinajstić information content (AvgIpc) is 1.85. The van der Waals surface area contributed by atoms with Crippen LogP contribution in [0.15, 0.2) is 18.2 Å². The van der Waals surface area contributed by atoms with E-state index in [0.29, 0.717) is 11.3 Å². The number of nitrogens with two attached hydrogens (primary N) is 2. The van der Waals surface area contributed by atoms with Crippen molar-refractivity contribution >= 4 is 5.69 Å². The predicted molar refractivity (Wildman–Crippen MR) is 44.7 cm³/mol. The Bertz CT molecular complexity index is 238. The quantitative estimate of drug-likeness (QED) is 0.406. The fourth-order valence-electron chi connectivity index (χ4n) is 1.01. The van der Waals surface area contributed by atoms with Crippen LogP contribution >= 0.6 is 0 Å². The van der Waals surface area contributed by atoms with Crippen LogP contribution in [0, 0.1) is 6.92 Å². The number of anilines is 1. The summed E-state index contributed by atoms with van der Waals surface area (Å²) in [5.74, 6) is 0. The molecular formula is C8H12N2O. The Morgan fingerprint density at radius 2 is 2.00 bits per heavy atom. The molecule has 0 aliphatic carbocycles. The summed E-state index contributed by atoms with van der Waals surface area (Å²) in [6.07, 6.45) is -0.933. The second-order valence-corrected chi connectivity index (χ2v) is 2.62. The van der Waals surface area contributed by atoms with Crippen molar-refractivity contribution in [2.75, 3.05) is 5.73 Å². The molecule has 60 valence electrons. The number of aliphatic hydroxyl groups excluding tert-OH is 1. The van der Waals surface area contributed by atoms with Gasteiger partial charge in [0.2, 0.25) is 0 Å². The number of rotatable bonds is 1. The summed E-state index contributed by atoms with van der Waals surface area (Å²) >= 11 is 0. The highest BCUT2D eigenvalue weighted by atomic mass is 16.3. The van der Waals surface area contributed by atoms with Gasteiger partial charge in [-0.1, -0.05) is 6.07 Å². The maximum absolute atomic E-state index is 8.99. The highest BCUT2D eigenvalue weighted by Crippen LogP contribution is 2.14. The van der Waals surface area contributed by atoms with Crippen molar-refractivity contribution in [3.8, 4) is 0 Å². The molecule has 0 aromatic heterocycles. The largest absolute Gasteiger partial charge is 0.399 e. The highest BCUT2D eigenvalue weighted by molar-refractivity contribution is 5.44. The molecule has 11 heavy (non-hydrogen) atoms. The first kappa shape index (κ1) is 8.04. The van der Waals surface area contributed by atoms with Gasteiger partial charge in [0, 0.05) is 5.69 Å². The maximum atomic E-state index is 8.99. The van der Waals surface area contributed by atoms with Crippen LogP contribution in [0.5, 0.6) is 0 Å². The van der Waals surface area contributed by atoms with Crippen LogP contribution in [-0.4, -0.2) is 5.11 Å². The first-order chi connectivity index (χ1) is 5.09. The number of aryl methyl sites for hydroxylation is 1. The molecule has 1 aromatic carbocycles. The van der Waals surface area contributed by atoms with E-state index < -0.39 is 6.23 Å². The van der Waals surface area contributed by atoms with E-state index in [-0.39, 0.29) is 0 Å². The van der Waals surface area contributed by atoms with Crippen molar-refractivity contribution < 1.29 is 5.11 Å². The van der Waals surface area contributed by atoms with Gasteiger partial charge in [0.15, 0.2) is 0 Å². The van der Waals surface area contributed by atoms with Gasteiger partial charge >= 0.3 is 0 Å². The molecule has 0 aliphatic heterocycles. The lowest BCUT2D eigenvalue weighted by atomic mass is 10.1. The molecule has 0 fully saturated rings. The minimum atomic E-state index is -0.933. The van der Waals surface area contributed by atoms with Gasteiger partial charge in [0.05, 0.1) is 0 Å². The summed E-state index contributed by atoms with van der Waals surface area (Å²) in [6.45, 7) is 1.90. The monoisotopic (exact) mass is 152 g/mol. The van der Waals surface area contributed by atoms with E-state index in [4.69, 9.17) is 16.6 Å². The van der Waals surface area contributed by atoms with E-state index in [1.54, 1.807) is 12.1 Å². The van der Waals surface area contributed by atoms with Gasteiger partial charge in [-0.05, 0) is 30.2 Å². The first-order valence-electron chi connectivity index (χ1n) is 3.40. The topological polar surface area (TPSA) is 72.3 Å². The summed E-state index contributed by atoms with van der Waals surface area (Å²) < 4.78 is 0. The third-order valence-electron chi connectivity index (χ3n) is 1.46. The van der Waals surface area contributed by atoms with E-state index in [0.717, 1.165) is 5.56 Å². The summed E-state index contributed by atoms with van der Waals surface area (Å²) in [7, 11) is 0. The lowest BCUT2D eigenvalue weighted by molar-refractivity contribution is 0.186. The van der Waals surface area contributed by atoms with Crippen LogP contribution in [0.1, 0.15) is 17.4 Å². The lowest BCUT2D eigenvalue weighted by Gasteiger charge is -2.06. The molecular weight excluding hydrogens is 140 g/mol. The van der Waals surface area contributed by atoms with Gasteiger partial charge in [-0.15, -0.1) is 0 Å². The van der Waals surface area contributed by atoms with Gasteiger partial charge in [-0.25, -0.2) is 0 Å². The molecule has 0 bridgehead atoms. The zero-order valence-corrected chi connectivity index (χ0v) is 6.41. The van der Waals surface area contributed by atoms with Crippen LogP contribution in [0.4, 0.5) is 5.69 Å². The number of aliphatic hydroxyl groups is 1. The van der Waals surface area contributed by atoms with Crippen LogP contribution < -0.4 is 11.5 Å². The van der Waals surface area contributed by atoms with Gasteiger partial charge in [-0.2, -0.15) is 0 Å². The second kappa shape index (κ2) is 2.90. The van der Waals surface area contributed by atoms with Gasteiger partial charge in [0.25, 0.3) is 0 Å². The molecule has 3 nitrogen and oxygen atoms in total. The number of hydrogen-bond donors (Lipinski definition) is 3. The molecule has 0 saturated carbocycles. The Labute approximate surface area is 65.6 Å². The summed E-state index contributed by atoms with van der Waals surface area (Å²) in [6, 6.07) is 5.30. The molecule has 0 heterocycles. The number of benzene rings is 1. The van der Waals surface area contributed by atoms with E-state index in [1.165, 1.54) is 0 Å². The minimum absolute atomic E-state index is 0.629. The normalized spacial score (nSPS) is 13.0. The maximum Gasteiger partial charge on any atom is 0.128 e. The van der Waals surface area contributed by atoms with Crippen LogP contribution in [0.3, 0.4) is 0 Å². The molecule has 5 N–H and O–H groups in total. The van der Waals surface area contributed by atoms with Crippen molar-refractivity contribution in [3.63, 3.8) is 0 Å². The Morgan fingerprint density at radius 1 is 1.36 bits per heavy atom. The zero-order valence-electron chi connectivity index (χ0n) is 6.41. The average molecular weight is 152 g/mol. The van der Waals surface area contributed by atoms with Crippen molar-refractivity contribution in [3.05, 3.63) is 29.3 Å². The van der Waals surface area contributed by atoms with Crippen LogP contribution in [0.2, 0.25) is 0 Å². The van der Waals surface area contributed by atoms with Crippen molar-refractivity contribution in [2.24, 2.45) is 5.73 Å². The summed E-state index contributed by atoms with van der Waals surface area (Å²) in [4.78, 5) is 0. The molecule has 0 spiro atoms. The molecule has 0 aliphatic rings. The van der Waals surface area contributed by atoms with Crippen LogP contribution in [0.25, 0.3) is 0 Å². The lowest BCUT2D eigenvalue weighted by Crippen LogP contribution is -2.09. The SMILES string of the molecule is Cc1cc(N)cc(C(N)O)c1. The summed E-state index contributed by atoms with van der Waals surface area (Å²) in [5, 5.41) is 8.99. The third-order valence-corrected chi connectivity index (χ3v) is 1.46. The van der Waals surface area contributed by atoms with E-state index in [2.05, 4.69) is 0 Å². The van der Waals surface area contributed by atoms with Gasteiger partial charge < -0.3 is 16.6 Å². The summed E-state index contributed by atoms with van der Waals surface area (Å²) in [5.41, 5.74) is 13.1. The molecule has 0 amide bonds. The number of hydrogen-bond acceptors (Lipinski definition) is 3. The Balaban J connectivity index is 3.08. The molecule has 1 aromatic rings. The predicted octanol–water partition coefficient (Wildman–Crippen LogP) is 0.527. The van der Waals surface area contributed by atoms with E-state index in [1.807, 2.05) is 13.0 Å². The minimum Gasteiger partial charge on any atom is -0.399 e. The Hall–Kier alpha value is -1.06. The fraction of sp³-hybridized carbons (Fsp3) is 0.250. The van der Waals surface area contributed by atoms with E-state index in [9.17, 15) is 0 Å². The molecule has 1 atom stereocenters. The van der Waals surface area contributed by atoms with Gasteiger partial charge in [-0.3, -0.25) is 0 Å². The Kier molecular flexibility index (Phi) is 2.12. The number of nitrogen functional groups attached to an aromatic ring is 1. The smallest absolute Gasteiger partial charge is 0.128 e. The molecule has 0 saturated heterocycles. The molecule has 3 heteroatoms. The molecule has 1 unspecified atom stereocenters. The van der Waals surface area contributed by atoms with E-state index >= 15 is 0 Å². The Morgan fingerprint density at radius 3 is 2.45 bits per heavy atom. The van der Waals surface area contributed by atoms with Crippen molar-refractivity contribution in [2.45, 2.75) is 13.2 Å². The second-order valence-electron chi connectivity index (χ2n) is 2.62. The molecule has 1 rings (SSSR count). The van der Waals surface area contributed by atoms with Gasteiger partial charge in [0.1, 0.15) is 6.23 Å². The van der Waals surface area contributed by atoms with Crippen LogP contribution in [-0.2, 0) is 0 Å². The third kappa shape index (κ3) is 1.93. The standard InChI is InChI=1S/C8H12N2O/c1-5-2-6(8(10)11)4-7(9)3-5/h2-4,8,11H,9-10H2,1H3. The molecule has 0 radical (unpaired) electrons. The highest BCUT2D eigenvalue weighted by Gasteiger charge is 2.01.